The molecular formula is C19H26ClNO2. The van der Waals surface area contributed by atoms with Crippen molar-refractivity contribution in [2.75, 3.05) is 13.1 Å². The molecule has 126 valence electrons. The average Bonchev–Trinajstić information content (AvgIpc) is 2.49. The maximum atomic E-state index is 11.8. The Hall–Kier alpha value is -1.32. The molecule has 3 nitrogen and oxygen atoms in total. The van der Waals surface area contributed by atoms with E-state index in [9.17, 15) is 4.79 Å². The van der Waals surface area contributed by atoms with Crippen molar-refractivity contribution in [1.82, 2.24) is 0 Å². The minimum Gasteiger partial charge on any atom is -1.00 e. The van der Waals surface area contributed by atoms with E-state index in [1.165, 1.54) is 31.5 Å². The average molecular weight is 336 g/mol. The van der Waals surface area contributed by atoms with Crippen molar-refractivity contribution in [2.45, 2.75) is 46.1 Å². The summed E-state index contributed by atoms with van der Waals surface area (Å²) in [4.78, 5) is 13.4. The molecule has 1 aromatic carbocycles. The third-order valence-corrected chi connectivity index (χ3v) is 4.94. The van der Waals surface area contributed by atoms with Gasteiger partial charge in [-0.3, -0.25) is 0 Å². The van der Waals surface area contributed by atoms with Crippen LogP contribution < -0.4 is 22.9 Å². The molecule has 0 amide bonds. The summed E-state index contributed by atoms with van der Waals surface area (Å²) in [6.45, 7) is 10.0. The van der Waals surface area contributed by atoms with Gasteiger partial charge in [-0.15, -0.1) is 0 Å². The molecule has 1 N–H and O–H groups in total. The Morgan fingerprint density at radius 3 is 2.57 bits per heavy atom. The number of hydrogen-bond acceptors (Lipinski definition) is 2. The highest BCUT2D eigenvalue weighted by atomic mass is 35.5. The lowest BCUT2D eigenvalue weighted by Crippen LogP contribution is -3.11. The van der Waals surface area contributed by atoms with E-state index >= 15 is 0 Å². The predicted molar refractivity (Wildman–Crippen MR) is 89.4 cm³/mol. The van der Waals surface area contributed by atoms with Gasteiger partial charge in [0.25, 0.3) is 0 Å². The maximum absolute atomic E-state index is 11.8. The molecule has 0 aliphatic carbocycles. The zero-order valence-electron chi connectivity index (χ0n) is 14.2. The molecule has 0 unspecified atom stereocenters. The lowest BCUT2D eigenvalue weighted by atomic mass is 9.97. The third-order valence-electron chi connectivity index (χ3n) is 4.94. The minimum absolute atomic E-state index is 0. The Balaban J connectivity index is 0.00000192. The highest BCUT2D eigenvalue weighted by Crippen LogP contribution is 2.23. The van der Waals surface area contributed by atoms with Crippen LogP contribution in [0.15, 0.2) is 33.5 Å². The molecule has 0 bridgehead atoms. The monoisotopic (exact) mass is 335 g/mol. The summed E-state index contributed by atoms with van der Waals surface area (Å²) >= 11 is 0. The van der Waals surface area contributed by atoms with Crippen molar-refractivity contribution in [3.8, 4) is 0 Å². The molecule has 0 spiro atoms. The first-order valence-electron chi connectivity index (χ1n) is 8.43. The maximum Gasteiger partial charge on any atom is 0.336 e. The van der Waals surface area contributed by atoms with Gasteiger partial charge in [-0.05, 0) is 42.4 Å². The van der Waals surface area contributed by atoms with E-state index in [0.29, 0.717) is 5.92 Å². The van der Waals surface area contributed by atoms with Crippen LogP contribution in [-0.4, -0.2) is 13.1 Å². The molecule has 4 heteroatoms. The first kappa shape index (κ1) is 18.0. The van der Waals surface area contributed by atoms with Crippen molar-refractivity contribution in [2.24, 2.45) is 5.92 Å². The van der Waals surface area contributed by atoms with Crippen LogP contribution in [0, 0.1) is 5.92 Å². The third kappa shape index (κ3) is 4.15. The Kier molecular flexibility index (Phi) is 5.88. The lowest BCUT2D eigenvalue weighted by Gasteiger charge is -2.27. The van der Waals surface area contributed by atoms with Crippen molar-refractivity contribution in [1.29, 1.82) is 0 Å². The number of rotatable bonds is 3. The quantitative estimate of drug-likeness (QED) is 0.784. The van der Waals surface area contributed by atoms with E-state index < -0.39 is 0 Å². The molecule has 2 aromatic rings. The van der Waals surface area contributed by atoms with Crippen molar-refractivity contribution in [3.63, 3.8) is 0 Å². The zero-order chi connectivity index (χ0) is 15.7. The van der Waals surface area contributed by atoms with E-state index in [-0.39, 0.29) is 18.0 Å². The minimum atomic E-state index is -0.232. The van der Waals surface area contributed by atoms with Gasteiger partial charge < -0.3 is 21.7 Å². The van der Waals surface area contributed by atoms with Crippen LogP contribution in [0.2, 0.25) is 0 Å². The van der Waals surface area contributed by atoms with Gasteiger partial charge in [0.15, 0.2) is 0 Å². The molecule has 0 radical (unpaired) electrons. The van der Waals surface area contributed by atoms with Gasteiger partial charge in [-0.25, -0.2) is 4.79 Å². The van der Waals surface area contributed by atoms with Gasteiger partial charge in [0.1, 0.15) is 12.1 Å². The van der Waals surface area contributed by atoms with Gasteiger partial charge in [0.2, 0.25) is 0 Å². The van der Waals surface area contributed by atoms with Crippen LogP contribution in [0.3, 0.4) is 0 Å². The first-order valence-corrected chi connectivity index (χ1v) is 8.43. The van der Waals surface area contributed by atoms with Gasteiger partial charge in [0, 0.05) is 17.0 Å². The summed E-state index contributed by atoms with van der Waals surface area (Å²) in [5.41, 5.74) is 2.92. The van der Waals surface area contributed by atoms with Crippen LogP contribution in [0.1, 0.15) is 50.7 Å². The van der Waals surface area contributed by atoms with Crippen molar-refractivity contribution >= 4 is 11.0 Å². The number of nitrogens with one attached hydrogen (secondary N) is 1. The second kappa shape index (κ2) is 7.50. The smallest absolute Gasteiger partial charge is 0.336 e. The number of quaternary nitrogens is 1. The molecule has 3 rings (SSSR count). The van der Waals surface area contributed by atoms with E-state index in [2.05, 4.69) is 32.9 Å². The summed E-state index contributed by atoms with van der Waals surface area (Å²) in [6, 6.07) is 7.90. The summed E-state index contributed by atoms with van der Waals surface area (Å²) in [5, 5.41) is 1.11. The lowest BCUT2D eigenvalue weighted by molar-refractivity contribution is -0.919. The van der Waals surface area contributed by atoms with Crippen molar-refractivity contribution in [3.05, 3.63) is 45.8 Å². The summed E-state index contributed by atoms with van der Waals surface area (Å²) in [6.07, 6.45) is 2.57. The molecule has 0 atom stereocenters. The van der Waals surface area contributed by atoms with E-state index in [1.54, 1.807) is 11.0 Å². The molecule has 1 aliphatic heterocycles. The molecule has 23 heavy (non-hydrogen) atoms. The SMILES string of the molecule is CC1CC[NH+](Cc2cc(=O)oc3ccc(C(C)C)cc23)CC1.[Cl-]. The summed E-state index contributed by atoms with van der Waals surface area (Å²) < 4.78 is 5.38. The highest BCUT2D eigenvalue weighted by Gasteiger charge is 2.20. The van der Waals surface area contributed by atoms with Gasteiger partial charge in [-0.2, -0.15) is 0 Å². The number of fused-ring (bicyclic) bond motifs is 1. The van der Waals surface area contributed by atoms with Gasteiger partial charge in [-0.1, -0.05) is 26.8 Å². The van der Waals surface area contributed by atoms with Crippen LogP contribution >= 0.6 is 0 Å². The number of piperidine rings is 1. The largest absolute Gasteiger partial charge is 1.00 e. The van der Waals surface area contributed by atoms with E-state index in [4.69, 9.17) is 4.42 Å². The zero-order valence-corrected chi connectivity index (χ0v) is 15.0. The number of likely N-dealkylation sites (tertiary alicyclic amines) is 1. The molecular weight excluding hydrogens is 310 g/mol. The second-order valence-corrected chi connectivity index (χ2v) is 7.11. The van der Waals surface area contributed by atoms with Crippen LogP contribution in [-0.2, 0) is 6.54 Å². The van der Waals surface area contributed by atoms with Crippen LogP contribution in [0.4, 0.5) is 0 Å². The Morgan fingerprint density at radius 1 is 1.22 bits per heavy atom. The highest BCUT2D eigenvalue weighted by molar-refractivity contribution is 5.80. The molecule has 1 saturated heterocycles. The number of halogens is 1. The number of benzene rings is 1. The molecule has 1 fully saturated rings. The second-order valence-electron chi connectivity index (χ2n) is 7.11. The molecule has 2 heterocycles. The summed E-state index contributed by atoms with van der Waals surface area (Å²) in [7, 11) is 0. The standard InChI is InChI=1S/C19H25NO2.ClH/c1-13(2)15-4-5-18-17(10-15)16(11-19(21)22-18)12-20-8-6-14(3)7-9-20;/h4-5,10-11,13-14H,6-9,12H2,1-3H3;1H. The van der Waals surface area contributed by atoms with Crippen molar-refractivity contribution < 1.29 is 21.7 Å². The first-order chi connectivity index (χ1) is 10.5. The Morgan fingerprint density at radius 2 is 1.91 bits per heavy atom. The molecule has 1 aromatic heterocycles. The van der Waals surface area contributed by atoms with Gasteiger partial charge in [0.05, 0.1) is 13.1 Å². The van der Waals surface area contributed by atoms with Gasteiger partial charge >= 0.3 is 5.63 Å². The topological polar surface area (TPSA) is 34.7 Å². The fourth-order valence-electron chi connectivity index (χ4n) is 3.37. The molecule has 1 aliphatic rings. The fourth-order valence-corrected chi connectivity index (χ4v) is 3.37. The predicted octanol–water partition coefficient (Wildman–Crippen LogP) is -0.265. The van der Waals surface area contributed by atoms with E-state index in [1.807, 2.05) is 6.07 Å². The Bertz CT molecular complexity index is 715. The van der Waals surface area contributed by atoms with Crippen LogP contribution in [0.25, 0.3) is 11.0 Å². The Labute approximate surface area is 144 Å². The number of hydrogen-bond donors (Lipinski definition) is 1. The van der Waals surface area contributed by atoms with Crippen LogP contribution in [0.5, 0.6) is 0 Å². The molecule has 0 saturated carbocycles. The summed E-state index contributed by atoms with van der Waals surface area (Å²) in [5.74, 6) is 1.32. The fraction of sp³-hybridized carbons (Fsp3) is 0.526. The normalized spacial score (nSPS) is 21.4. The van der Waals surface area contributed by atoms with E-state index in [0.717, 1.165) is 29.0 Å².